The zero-order valence-corrected chi connectivity index (χ0v) is 9.94. The van der Waals surface area contributed by atoms with Crippen LogP contribution in [0.4, 0.5) is 0 Å². The molecule has 0 aromatic heterocycles. The molecule has 1 saturated heterocycles. The Balaban J connectivity index is 1.52. The number of rotatable bonds is 3. The lowest BCUT2D eigenvalue weighted by molar-refractivity contribution is 0.309. The van der Waals surface area contributed by atoms with Crippen LogP contribution in [0.3, 0.4) is 0 Å². The van der Waals surface area contributed by atoms with E-state index in [2.05, 4.69) is 35.2 Å². The fourth-order valence-electron chi connectivity index (χ4n) is 3.16. The number of hydrogen-bond acceptors (Lipinski definition) is 1. The van der Waals surface area contributed by atoms with Crippen molar-refractivity contribution in [3.05, 3.63) is 35.9 Å². The predicted molar refractivity (Wildman–Crippen MR) is 67.2 cm³/mol. The number of hydrogen-bond donors (Lipinski definition) is 0. The van der Waals surface area contributed by atoms with Gasteiger partial charge in [-0.2, -0.15) is 0 Å². The first-order valence-corrected chi connectivity index (χ1v) is 6.71. The molecule has 1 heterocycles. The standard InChI is InChI=1S/C15H21N/c1-3-7-13(8-4-1)11-16-12-15(16)14-9-5-2-6-10-14/h1,3-4,7-8,14-15H,2,5-6,9-12H2/t15-,16?/m1/s1. The molecule has 1 unspecified atom stereocenters. The second-order valence-corrected chi connectivity index (χ2v) is 5.38. The SMILES string of the molecule is c1ccc(CN2C[C@@H]2C2CCCCC2)cc1. The second kappa shape index (κ2) is 4.58. The smallest absolute Gasteiger partial charge is 0.0255 e. The third-order valence-electron chi connectivity index (χ3n) is 4.18. The summed E-state index contributed by atoms with van der Waals surface area (Å²) in [6, 6.07) is 11.8. The van der Waals surface area contributed by atoms with Crippen LogP contribution in [0.5, 0.6) is 0 Å². The van der Waals surface area contributed by atoms with E-state index in [0.717, 1.165) is 12.0 Å². The average Bonchev–Trinajstić information content (AvgIpc) is 3.11. The van der Waals surface area contributed by atoms with Crippen LogP contribution in [0.1, 0.15) is 37.7 Å². The topological polar surface area (TPSA) is 3.01 Å². The summed E-state index contributed by atoms with van der Waals surface area (Å²) in [4.78, 5) is 2.64. The summed E-state index contributed by atoms with van der Waals surface area (Å²) in [5.41, 5.74) is 1.47. The fraction of sp³-hybridized carbons (Fsp3) is 0.600. The van der Waals surface area contributed by atoms with Gasteiger partial charge in [-0.05, 0) is 24.3 Å². The van der Waals surface area contributed by atoms with Gasteiger partial charge in [0.2, 0.25) is 0 Å². The molecule has 0 N–H and O–H groups in total. The summed E-state index contributed by atoms with van der Waals surface area (Å²) < 4.78 is 0. The minimum absolute atomic E-state index is 0.917. The molecular formula is C15H21N. The second-order valence-electron chi connectivity index (χ2n) is 5.38. The first-order chi connectivity index (χ1) is 7.93. The van der Waals surface area contributed by atoms with Gasteiger partial charge in [0, 0.05) is 19.1 Å². The Hall–Kier alpha value is -0.820. The van der Waals surface area contributed by atoms with Gasteiger partial charge in [0.1, 0.15) is 0 Å². The maximum atomic E-state index is 2.64. The first-order valence-electron chi connectivity index (χ1n) is 6.71. The van der Waals surface area contributed by atoms with Gasteiger partial charge in [-0.25, -0.2) is 0 Å². The normalized spacial score (nSPS) is 30.2. The van der Waals surface area contributed by atoms with E-state index < -0.39 is 0 Å². The van der Waals surface area contributed by atoms with Crippen LogP contribution in [0, 0.1) is 5.92 Å². The summed E-state index contributed by atoms with van der Waals surface area (Å²) >= 11 is 0. The van der Waals surface area contributed by atoms with E-state index in [1.54, 1.807) is 0 Å². The van der Waals surface area contributed by atoms with Crippen LogP contribution in [-0.4, -0.2) is 17.5 Å². The quantitative estimate of drug-likeness (QED) is 0.698. The van der Waals surface area contributed by atoms with Gasteiger partial charge in [0.15, 0.2) is 0 Å². The van der Waals surface area contributed by atoms with Crippen molar-refractivity contribution in [2.45, 2.75) is 44.7 Å². The van der Waals surface area contributed by atoms with Crippen LogP contribution < -0.4 is 0 Å². The van der Waals surface area contributed by atoms with Gasteiger partial charge in [-0.15, -0.1) is 0 Å². The summed E-state index contributed by atoms with van der Waals surface area (Å²) in [5.74, 6) is 1.01. The number of nitrogens with zero attached hydrogens (tertiary/aromatic N) is 1. The molecule has 16 heavy (non-hydrogen) atoms. The maximum Gasteiger partial charge on any atom is 0.0255 e. The summed E-state index contributed by atoms with van der Waals surface area (Å²) in [6.07, 6.45) is 7.38. The van der Waals surface area contributed by atoms with Gasteiger partial charge >= 0.3 is 0 Å². The van der Waals surface area contributed by atoms with Crippen molar-refractivity contribution in [3.8, 4) is 0 Å². The summed E-state index contributed by atoms with van der Waals surface area (Å²) in [5, 5.41) is 0. The van der Waals surface area contributed by atoms with Crippen molar-refractivity contribution in [1.29, 1.82) is 0 Å². The van der Waals surface area contributed by atoms with Gasteiger partial charge in [0.05, 0.1) is 0 Å². The molecule has 1 nitrogen and oxygen atoms in total. The molecule has 1 aliphatic carbocycles. The largest absolute Gasteiger partial charge is 0.293 e. The minimum Gasteiger partial charge on any atom is -0.293 e. The lowest BCUT2D eigenvalue weighted by Gasteiger charge is -2.21. The molecule has 1 heteroatoms. The van der Waals surface area contributed by atoms with Crippen molar-refractivity contribution in [1.82, 2.24) is 4.90 Å². The number of benzene rings is 1. The average molecular weight is 215 g/mol. The Kier molecular flexibility index (Phi) is 2.96. The molecule has 0 radical (unpaired) electrons. The van der Waals surface area contributed by atoms with Crippen molar-refractivity contribution in [2.24, 2.45) is 5.92 Å². The molecule has 1 saturated carbocycles. The van der Waals surface area contributed by atoms with Crippen LogP contribution in [0.25, 0.3) is 0 Å². The third-order valence-corrected chi connectivity index (χ3v) is 4.18. The van der Waals surface area contributed by atoms with Crippen LogP contribution >= 0.6 is 0 Å². The van der Waals surface area contributed by atoms with E-state index in [0.29, 0.717) is 0 Å². The van der Waals surface area contributed by atoms with Crippen LogP contribution in [-0.2, 0) is 6.54 Å². The van der Waals surface area contributed by atoms with Gasteiger partial charge in [-0.3, -0.25) is 4.90 Å². The molecule has 0 bridgehead atoms. The monoisotopic (exact) mass is 215 g/mol. The Bertz CT molecular complexity index is 327. The molecule has 3 rings (SSSR count). The lowest BCUT2D eigenvalue weighted by Crippen LogP contribution is -2.16. The van der Waals surface area contributed by atoms with Gasteiger partial charge in [0.25, 0.3) is 0 Å². The first kappa shape index (κ1) is 10.3. The van der Waals surface area contributed by atoms with Crippen molar-refractivity contribution in [3.63, 3.8) is 0 Å². The zero-order chi connectivity index (χ0) is 10.8. The fourth-order valence-corrected chi connectivity index (χ4v) is 3.16. The molecule has 2 atom stereocenters. The molecule has 1 aliphatic heterocycles. The lowest BCUT2D eigenvalue weighted by atomic mass is 9.87. The van der Waals surface area contributed by atoms with Crippen molar-refractivity contribution in [2.75, 3.05) is 6.54 Å². The molecule has 86 valence electrons. The van der Waals surface area contributed by atoms with Crippen molar-refractivity contribution < 1.29 is 0 Å². The van der Waals surface area contributed by atoms with Gasteiger partial charge in [-0.1, -0.05) is 49.6 Å². The predicted octanol–water partition coefficient (Wildman–Crippen LogP) is 3.45. The zero-order valence-electron chi connectivity index (χ0n) is 9.94. The van der Waals surface area contributed by atoms with E-state index in [9.17, 15) is 0 Å². The van der Waals surface area contributed by atoms with Crippen LogP contribution in [0.15, 0.2) is 30.3 Å². The van der Waals surface area contributed by atoms with Gasteiger partial charge < -0.3 is 0 Å². The summed E-state index contributed by atoms with van der Waals surface area (Å²) in [6.45, 7) is 2.52. The highest BCUT2D eigenvalue weighted by atomic mass is 15.3. The molecule has 0 amide bonds. The van der Waals surface area contributed by atoms with E-state index in [-0.39, 0.29) is 0 Å². The highest BCUT2D eigenvalue weighted by Crippen LogP contribution is 2.36. The Morgan fingerprint density at radius 3 is 2.50 bits per heavy atom. The third kappa shape index (κ3) is 2.30. The Labute approximate surface area is 98.5 Å². The van der Waals surface area contributed by atoms with E-state index in [4.69, 9.17) is 0 Å². The maximum absolute atomic E-state index is 2.64. The van der Waals surface area contributed by atoms with E-state index >= 15 is 0 Å². The van der Waals surface area contributed by atoms with E-state index in [1.165, 1.54) is 50.8 Å². The van der Waals surface area contributed by atoms with Crippen molar-refractivity contribution >= 4 is 0 Å². The molecule has 0 spiro atoms. The highest BCUT2D eigenvalue weighted by Gasteiger charge is 2.40. The van der Waals surface area contributed by atoms with Crippen LogP contribution in [0.2, 0.25) is 0 Å². The minimum atomic E-state index is 0.917. The Morgan fingerprint density at radius 1 is 1.00 bits per heavy atom. The Morgan fingerprint density at radius 2 is 1.75 bits per heavy atom. The highest BCUT2D eigenvalue weighted by molar-refractivity contribution is 5.16. The molecule has 1 aromatic rings. The molecule has 2 aliphatic rings. The molecule has 2 fully saturated rings. The van der Waals surface area contributed by atoms with E-state index in [1.807, 2.05) is 0 Å². The molecule has 1 aromatic carbocycles. The summed E-state index contributed by atoms with van der Waals surface area (Å²) in [7, 11) is 0. The molecular weight excluding hydrogens is 194 g/mol.